The Kier molecular flexibility index (Phi) is 2.47. The van der Waals surface area contributed by atoms with Gasteiger partial charge < -0.3 is 10.8 Å². The summed E-state index contributed by atoms with van der Waals surface area (Å²) >= 11 is 0. The summed E-state index contributed by atoms with van der Waals surface area (Å²) < 4.78 is 1.79. The topological polar surface area (TPSA) is 63.5 Å². The number of hydrogen-bond donors (Lipinski definition) is 2. The van der Waals surface area contributed by atoms with E-state index in [4.69, 9.17) is 10.8 Å². The molecule has 0 spiro atoms. The van der Waals surface area contributed by atoms with E-state index in [0.29, 0.717) is 6.54 Å². The summed E-state index contributed by atoms with van der Waals surface area (Å²) in [6.07, 6.45) is 3.65. The molecule has 14 heavy (non-hydrogen) atoms. The van der Waals surface area contributed by atoms with Crippen LogP contribution < -0.4 is 5.73 Å². The molecule has 0 saturated heterocycles. The third-order valence-corrected chi connectivity index (χ3v) is 2.40. The normalized spacial score (nSPS) is 13.3. The van der Waals surface area contributed by atoms with Crippen LogP contribution in [-0.2, 0) is 0 Å². The van der Waals surface area contributed by atoms with Gasteiger partial charge in [0.2, 0.25) is 0 Å². The maximum absolute atomic E-state index is 9.14. The first-order valence-electron chi connectivity index (χ1n) is 4.60. The number of hydrogen-bond acceptors (Lipinski definition) is 3. The number of nitrogens with two attached hydrogens (primary N) is 1. The average Bonchev–Trinajstić information content (AvgIpc) is 2.65. The minimum absolute atomic E-state index is 0.0186. The van der Waals surface area contributed by atoms with Gasteiger partial charge in [-0.1, -0.05) is 6.07 Å². The van der Waals surface area contributed by atoms with Crippen LogP contribution in [0.25, 0.3) is 5.52 Å². The Morgan fingerprint density at radius 3 is 3.07 bits per heavy atom. The summed E-state index contributed by atoms with van der Waals surface area (Å²) in [5.41, 5.74) is 7.59. The molecule has 2 rings (SSSR count). The summed E-state index contributed by atoms with van der Waals surface area (Å²) in [4.78, 5) is 0. The highest BCUT2D eigenvalue weighted by Gasteiger charge is 2.13. The maximum atomic E-state index is 9.14. The molecule has 0 aliphatic carbocycles. The van der Waals surface area contributed by atoms with Crippen LogP contribution >= 0.6 is 0 Å². The van der Waals surface area contributed by atoms with Gasteiger partial charge in [0, 0.05) is 24.2 Å². The van der Waals surface area contributed by atoms with E-state index in [9.17, 15) is 0 Å². The molecule has 4 heteroatoms. The van der Waals surface area contributed by atoms with Crippen LogP contribution in [0, 0.1) is 0 Å². The van der Waals surface area contributed by atoms with Crippen molar-refractivity contribution in [2.75, 3.05) is 13.2 Å². The minimum atomic E-state index is -0.0186. The Labute approximate surface area is 82.0 Å². The van der Waals surface area contributed by atoms with E-state index in [0.717, 1.165) is 11.1 Å². The third kappa shape index (κ3) is 1.38. The molecular formula is C10H13N3O. The second-order valence-corrected chi connectivity index (χ2v) is 3.25. The number of aliphatic hydroxyl groups excluding tert-OH is 1. The fraction of sp³-hybridized carbons (Fsp3) is 0.300. The smallest absolute Gasteiger partial charge is 0.0697 e. The fourth-order valence-electron chi connectivity index (χ4n) is 1.57. The first-order valence-corrected chi connectivity index (χ1v) is 4.60. The van der Waals surface area contributed by atoms with Crippen molar-refractivity contribution >= 4 is 5.52 Å². The van der Waals surface area contributed by atoms with E-state index in [-0.39, 0.29) is 12.5 Å². The van der Waals surface area contributed by atoms with Crippen LogP contribution in [0.1, 0.15) is 11.5 Å². The van der Waals surface area contributed by atoms with Gasteiger partial charge in [0.25, 0.3) is 0 Å². The van der Waals surface area contributed by atoms with Crippen molar-refractivity contribution in [2.45, 2.75) is 5.92 Å². The van der Waals surface area contributed by atoms with Gasteiger partial charge in [-0.05, 0) is 12.1 Å². The Morgan fingerprint density at radius 1 is 1.50 bits per heavy atom. The second-order valence-electron chi connectivity index (χ2n) is 3.25. The maximum Gasteiger partial charge on any atom is 0.0697 e. The van der Waals surface area contributed by atoms with Crippen molar-refractivity contribution in [1.29, 1.82) is 0 Å². The standard InChI is InChI=1S/C10H13N3O/c11-5-8(7-14)9-6-12-13-4-2-1-3-10(9)13/h1-4,6,8,14H,5,7,11H2. The van der Waals surface area contributed by atoms with Gasteiger partial charge >= 0.3 is 0 Å². The largest absolute Gasteiger partial charge is 0.396 e. The van der Waals surface area contributed by atoms with Gasteiger partial charge in [-0.3, -0.25) is 0 Å². The Bertz CT molecular complexity index is 420. The Balaban J connectivity index is 2.51. The summed E-state index contributed by atoms with van der Waals surface area (Å²) in [6.45, 7) is 0.499. The average molecular weight is 191 g/mol. The number of pyridine rings is 1. The fourth-order valence-corrected chi connectivity index (χ4v) is 1.57. The van der Waals surface area contributed by atoms with Gasteiger partial charge in [-0.25, -0.2) is 4.52 Å². The highest BCUT2D eigenvalue weighted by Crippen LogP contribution is 2.19. The molecule has 0 aliphatic rings. The predicted molar refractivity (Wildman–Crippen MR) is 54.1 cm³/mol. The van der Waals surface area contributed by atoms with Crippen LogP contribution in [0.3, 0.4) is 0 Å². The van der Waals surface area contributed by atoms with Crippen LogP contribution in [0.4, 0.5) is 0 Å². The molecule has 1 atom stereocenters. The van der Waals surface area contributed by atoms with Crippen LogP contribution in [-0.4, -0.2) is 27.9 Å². The number of aromatic nitrogens is 2. The molecule has 0 aromatic carbocycles. The van der Waals surface area contributed by atoms with Gasteiger partial charge in [0.05, 0.1) is 18.3 Å². The zero-order valence-corrected chi connectivity index (χ0v) is 7.80. The molecule has 0 radical (unpaired) electrons. The van der Waals surface area contributed by atoms with E-state index in [2.05, 4.69) is 5.10 Å². The highest BCUT2D eigenvalue weighted by molar-refractivity contribution is 5.55. The van der Waals surface area contributed by atoms with E-state index in [1.54, 1.807) is 10.7 Å². The Hall–Kier alpha value is -1.39. The van der Waals surface area contributed by atoms with Crippen molar-refractivity contribution in [3.8, 4) is 0 Å². The van der Waals surface area contributed by atoms with Gasteiger partial charge in [0.15, 0.2) is 0 Å². The molecule has 3 N–H and O–H groups in total. The number of aliphatic hydroxyl groups is 1. The third-order valence-electron chi connectivity index (χ3n) is 2.40. The monoisotopic (exact) mass is 191 g/mol. The van der Waals surface area contributed by atoms with Crippen molar-refractivity contribution < 1.29 is 5.11 Å². The molecule has 0 fully saturated rings. The molecule has 1 unspecified atom stereocenters. The lowest BCUT2D eigenvalue weighted by Crippen LogP contribution is -2.15. The van der Waals surface area contributed by atoms with E-state index < -0.39 is 0 Å². The first kappa shape index (κ1) is 9.18. The van der Waals surface area contributed by atoms with E-state index >= 15 is 0 Å². The summed E-state index contributed by atoms with van der Waals surface area (Å²) in [5.74, 6) is -0.0186. The lowest BCUT2D eigenvalue weighted by atomic mass is 10.0. The van der Waals surface area contributed by atoms with Crippen LogP contribution in [0.2, 0.25) is 0 Å². The molecule has 0 saturated carbocycles. The molecule has 4 nitrogen and oxygen atoms in total. The van der Waals surface area contributed by atoms with Gasteiger partial charge in [-0.2, -0.15) is 5.10 Å². The van der Waals surface area contributed by atoms with Crippen molar-refractivity contribution in [3.05, 3.63) is 36.2 Å². The Morgan fingerprint density at radius 2 is 2.36 bits per heavy atom. The molecular weight excluding hydrogens is 178 g/mol. The van der Waals surface area contributed by atoms with Crippen molar-refractivity contribution in [1.82, 2.24) is 9.61 Å². The lowest BCUT2D eigenvalue weighted by Gasteiger charge is -2.08. The summed E-state index contributed by atoms with van der Waals surface area (Å²) in [5, 5.41) is 13.3. The lowest BCUT2D eigenvalue weighted by molar-refractivity contribution is 0.268. The molecule has 0 bridgehead atoms. The predicted octanol–water partition coefficient (Wildman–Crippen LogP) is 0.369. The number of rotatable bonds is 3. The molecule has 74 valence electrons. The van der Waals surface area contributed by atoms with Crippen molar-refractivity contribution in [2.24, 2.45) is 5.73 Å². The van der Waals surface area contributed by atoms with Crippen LogP contribution in [0.15, 0.2) is 30.6 Å². The molecule has 0 aliphatic heterocycles. The molecule has 2 aromatic heterocycles. The highest BCUT2D eigenvalue weighted by atomic mass is 16.3. The molecule has 0 amide bonds. The number of fused-ring (bicyclic) bond motifs is 1. The van der Waals surface area contributed by atoms with E-state index in [1.807, 2.05) is 24.4 Å². The molecule has 2 heterocycles. The summed E-state index contributed by atoms with van der Waals surface area (Å²) in [6, 6.07) is 5.84. The number of nitrogens with zero attached hydrogens (tertiary/aromatic N) is 2. The van der Waals surface area contributed by atoms with Crippen LogP contribution in [0.5, 0.6) is 0 Å². The SMILES string of the molecule is NCC(CO)c1cnn2ccccc12. The first-order chi connectivity index (χ1) is 6.86. The summed E-state index contributed by atoms with van der Waals surface area (Å²) in [7, 11) is 0. The quantitative estimate of drug-likeness (QED) is 0.736. The van der Waals surface area contributed by atoms with Crippen molar-refractivity contribution in [3.63, 3.8) is 0 Å². The van der Waals surface area contributed by atoms with Gasteiger partial charge in [-0.15, -0.1) is 0 Å². The zero-order chi connectivity index (χ0) is 9.97. The minimum Gasteiger partial charge on any atom is -0.396 e. The van der Waals surface area contributed by atoms with E-state index in [1.165, 1.54) is 0 Å². The van der Waals surface area contributed by atoms with Gasteiger partial charge in [0.1, 0.15) is 0 Å². The second kappa shape index (κ2) is 3.77. The zero-order valence-electron chi connectivity index (χ0n) is 7.80. The molecule has 2 aromatic rings.